The zero-order valence-corrected chi connectivity index (χ0v) is 22.2. The number of fused-ring (bicyclic) bond motifs is 12. The van der Waals surface area contributed by atoms with Gasteiger partial charge >= 0.3 is 6.01 Å². The van der Waals surface area contributed by atoms with Gasteiger partial charge in [0.1, 0.15) is 27.8 Å². The Hall–Kier alpha value is -5.81. The van der Waals surface area contributed by atoms with Crippen LogP contribution in [-0.4, -0.2) is 9.55 Å². The minimum Gasteiger partial charge on any atom is -0.456 e. The van der Waals surface area contributed by atoms with Crippen LogP contribution in [0.3, 0.4) is 0 Å². The average molecular weight is 541 g/mol. The first kappa shape index (κ1) is 21.9. The summed E-state index contributed by atoms with van der Waals surface area (Å²) in [6.45, 7) is 0. The second-order valence-corrected chi connectivity index (χ2v) is 10.7. The Bertz CT molecular complexity index is 2690. The van der Waals surface area contributed by atoms with Crippen molar-refractivity contribution in [2.45, 2.75) is 0 Å². The molecule has 0 fully saturated rings. The predicted molar refractivity (Wildman–Crippen MR) is 168 cm³/mol. The van der Waals surface area contributed by atoms with Crippen LogP contribution in [0.5, 0.6) is 0 Å². The highest BCUT2D eigenvalue weighted by Gasteiger charge is 2.23. The maximum absolute atomic E-state index is 6.59. The van der Waals surface area contributed by atoms with Crippen molar-refractivity contribution in [2.75, 3.05) is 0 Å². The summed E-state index contributed by atoms with van der Waals surface area (Å²) in [5.74, 6) is 0. The summed E-state index contributed by atoms with van der Waals surface area (Å²) >= 11 is 0. The summed E-state index contributed by atoms with van der Waals surface area (Å²) in [4.78, 5) is 5.19. The second-order valence-electron chi connectivity index (χ2n) is 10.7. The zero-order chi connectivity index (χ0) is 27.4. The van der Waals surface area contributed by atoms with Crippen LogP contribution in [0.2, 0.25) is 0 Å². The number of furan rings is 2. The Morgan fingerprint density at radius 2 is 1.21 bits per heavy atom. The van der Waals surface area contributed by atoms with E-state index in [1.165, 1.54) is 0 Å². The van der Waals surface area contributed by atoms with Crippen molar-refractivity contribution in [1.82, 2.24) is 9.55 Å². The molecule has 0 radical (unpaired) electrons. The van der Waals surface area contributed by atoms with Gasteiger partial charge in [0.05, 0.1) is 21.8 Å². The van der Waals surface area contributed by atoms with Crippen molar-refractivity contribution in [2.24, 2.45) is 0 Å². The van der Waals surface area contributed by atoms with Gasteiger partial charge in [-0.3, -0.25) is 4.57 Å². The number of hydrogen-bond donors (Lipinski definition) is 0. The number of nitrogens with zero attached hydrogens (tertiary/aromatic N) is 2. The Labute approximate surface area is 237 Å². The number of aromatic nitrogens is 2. The molecule has 0 aliphatic carbocycles. The van der Waals surface area contributed by atoms with Crippen LogP contribution in [0.4, 0.5) is 0 Å². The summed E-state index contributed by atoms with van der Waals surface area (Å²) in [6.07, 6.45) is 0. The standard InChI is InChI=1S/C37H20N2O3/c1-2-9-21(10-3-1)22-13-8-14-26-32-29(41-36(22)26)19-20-31-34(32)38-37(42-31)39-27-15-6-4-11-23(27)24-17-18-30-33(35(24)39)25-12-5-7-16-28(25)40-30/h1-20H. The monoisotopic (exact) mass is 540 g/mol. The van der Waals surface area contributed by atoms with Crippen molar-refractivity contribution in [3.05, 3.63) is 121 Å². The Morgan fingerprint density at radius 1 is 0.476 bits per heavy atom. The van der Waals surface area contributed by atoms with Gasteiger partial charge in [0.15, 0.2) is 5.58 Å². The quantitative estimate of drug-likeness (QED) is 0.219. The van der Waals surface area contributed by atoms with Gasteiger partial charge in [-0.15, -0.1) is 0 Å². The Morgan fingerprint density at radius 3 is 2.14 bits per heavy atom. The van der Waals surface area contributed by atoms with Gasteiger partial charge in [0.25, 0.3) is 0 Å². The zero-order valence-electron chi connectivity index (χ0n) is 22.2. The molecule has 196 valence electrons. The van der Waals surface area contributed by atoms with E-state index in [4.69, 9.17) is 18.2 Å². The molecule has 10 aromatic rings. The third-order valence-electron chi connectivity index (χ3n) is 8.46. The smallest absolute Gasteiger partial charge is 0.307 e. The third-order valence-corrected chi connectivity index (χ3v) is 8.46. The summed E-state index contributed by atoms with van der Waals surface area (Å²) < 4.78 is 21.5. The molecule has 0 aliphatic rings. The van der Waals surface area contributed by atoms with Crippen LogP contribution in [0.1, 0.15) is 0 Å². The molecule has 0 N–H and O–H groups in total. The van der Waals surface area contributed by atoms with Crippen molar-refractivity contribution in [3.63, 3.8) is 0 Å². The van der Waals surface area contributed by atoms with Crippen LogP contribution in [-0.2, 0) is 0 Å². The van der Waals surface area contributed by atoms with Gasteiger partial charge < -0.3 is 13.3 Å². The third kappa shape index (κ3) is 2.79. The molecule has 10 rings (SSSR count). The van der Waals surface area contributed by atoms with Crippen molar-refractivity contribution < 1.29 is 13.3 Å². The lowest BCUT2D eigenvalue weighted by molar-refractivity contribution is 0.574. The van der Waals surface area contributed by atoms with Crippen LogP contribution in [0, 0.1) is 0 Å². The molecule has 0 spiro atoms. The van der Waals surface area contributed by atoms with Gasteiger partial charge in [-0.2, -0.15) is 4.98 Å². The van der Waals surface area contributed by atoms with E-state index in [2.05, 4.69) is 77.4 Å². The lowest BCUT2D eigenvalue weighted by Crippen LogP contribution is -1.94. The van der Waals surface area contributed by atoms with E-state index in [0.29, 0.717) is 11.6 Å². The number of para-hydroxylation sites is 3. The summed E-state index contributed by atoms with van der Waals surface area (Å²) in [5.41, 5.74) is 9.02. The highest BCUT2D eigenvalue weighted by Crippen LogP contribution is 2.43. The number of hydrogen-bond acceptors (Lipinski definition) is 4. The molecule has 5 nitrogen and oxygen atoms in total. The topological polar surface area (TPSA) is 57.2 Å². The fourth-order valence-electron chi connectivity index (χ4n) is 6.67. The van der Waals surface area contributed by atoms with Gasteiger partial charge in [0, 0.05) is 27.1 Å². The Kier molecular flexibility index (Phi) is 4.12. The molecule has 0 atom stereocenters. The van der Waals surface area contributed by atoms with E-state index in [1.807, 2.05) is 48.5 Å². The van der Waals surface area contributed by atoms with Gasteiger partial charge in [-0.25, -0.2) is 0 Å². The molecule has 0 bridgehead atoms. The molecular weight excluding hydrogens is 520 g/mol. The summed E-state index contributed by atoms with van der Waals surface area (Å²) in [5, 5.41) is 6.34. The maximum Gasteiger partial charge on any atom is 0.307 e. The molecule has 5 heteroatoms. The maximum atomic E-state index is 6.59. The van der Waals surface area contributed by atoms with Gasteiger partial charge in [0.2, 0.25) is 0 Å². The number of oxazole rings is 1. The van der Waals surface area contributed by atoms with E-state index in [9.17, 15) is 0 Å². The van der Waals surface area contributed by atoms with Crippen LogP contribution in [0.25, 0.3) is 93.9 Å². The first-order valence-corrected chi connectivity index (χ1v) is 14.0. The van der Waals surface area contributed by atoms with E-state index in [-0.39, 0.29) is 0 Å². The molecule has 0 saturated carbocycles. The van der Waals surface area contributed by atoms with Crippen LogP contribution in [0.15, 0.2) is 135 Å². The average Bonchev–Trinajstić information content (AvgIpc) is 3.80. The normalized spacial score (nSPS) is 12.3. The largest absolute Gasteiger partial charge is 0.456 e. The number of rotatable bonds is 2. The Balaban J connectivity index is 1.32. The molecule has 4 aromatic heterocycles. The molecule has 0 unspecified atom stereocenters. The summed E-state index contributed by atoms with van der Waals surface area (Å²) in [7, 11) is 0. The minimum absolute atomic E-state index is 0.509. The van der Waals surface area contributed by atoms with E-state index < -0.39 is 0 Å². The first-order chi connectivity index (χ1) is 20.8. The predicted octanol–water partition coefficient (Wildman–Crippen LogP) is 10.4. The molecule has 42 heavy (non-hydrogen) atoms. The molecule has 0 aliphatic heterocycles. The lowest BCUT2D eigenvalue weighted by Gasteiger charge is -2.03. The van der Waals surface area contributed by atoms with Crippen molar-refractivity contribution >= 4 is 76.8 Å². The molecule has 6 aromatic carbocycles. The molecule has 4 heterocycles. The highest BCUT2D eigenvalue weighted by molar-refractivity contribution is 6.24. The second kappa shape index (κ2) is 7.89. The molecule has 0 amide bonds. The number of benzene rings is 6. The molecule has 0 saturated heterocycles. The van der Waals surface area contributed by atoms with E-state index >= 15 is 0 Å². The van der Waals surface area contributed by atoms with E-state index in [0.717, 1.165) is 82.3 Å². The van der Waals surface area contributed by atoms with Gasteiger partial charge in [-0.1, -0.05) is 84.9 Å². The first-order valence-electron chi connectivity index (χ1n) is 14.0. The minimum atomic E-state index is 0.509. The lowest BCUT2D eigenvalue weighted by atomic mass is 10.0. The highest BCUT2D eigenvalue weighted by atomic mass is 16.4. The molecular formula is C37H20N2O3. The van der Waals surface area contributed by atoms with Crippen LogP contribution < -0.4 is 0 Å². The SMILES string of the molecule is c1ccc(-c2cccc3c2oc2ccc4oc(-n5c6ccccc6c6ccc7oc8ccccc8c7c65)nc4c23)cc1. The summed E-state index contributed by atoms with van der Waals surface area (Å²) in [6, 6.07) is 41.8. The van der Waals surface area contributed by atoms with Crippen molar-refractivity contribution in [3.8, 4) is 17.1 Å². The fourth-order valence-corrected chi connectivity index (χ4v) is 6.67. The van der Waals surface area contributed by atoms with Crippen LogP contribution >= 0.6 is 0 Å². The van der Waals surface area contributed by atoms with Gasteiger partial charge in [-0.05, 0) is 42.0 Å². The van der Waals surface area contributed by atoms with E-state index in [1.54, 1.807) is 0 Å². The fraction of sp³-hybridized carbons (Fsp3) is 0. The van der Waals surface area contributed by atoms with Crippen molar-refractivity contribution in [1.29, 1.82) is 0 Å².